The van der Waals surface area contributed by atoms with E-state index in [1.807, 2.05) is 31.2 Å². The highest BCUT2D eigenvalue weighted by Crippen LogP contribution is 2.27. The topological polar surface area (TPSA) is 40.6 Å². The Morgan fingerprint density at radius 3 is 2.52 bits per heavy atom. The van der Waals surface area contributed by atoms with E-state index >= 15 is 0 Å². The molecule has 1 saturated heterocycles. The fourth-order valence-corrected chi connectivity index (χ4v) is 3.56. The number of anilines is 1. The van der Waals surface area contributed by atoms with E-state index in [2.05, 4.69) is 0 Å². The van der Waals surface area contributed by atoms with Crippen LogP contribution in [-0.4, -0.2) is 35.8 Å². The van der Waals surface area contributed by atoms with Crippen LogP contribution in [0, 0.1) is 6.92 Å². The van der Waals surface area contributed by atoms with Gasteiger partial charge in [-0.3, -0.25) is 9.59 Å². The Labute approximate surface area is 156 Å². The highest BCUT2D eigenvalue weighted by Gasteiger charge is 2.36. The fourth-order valence-electron chi connectivity index (χ4n) is 3.07. The Kier molecular flexibility index (Phi) is 5.02. The summed E-state index contributed by atoms with van der Waals surface area (Å²) in [7, 11) is 0. The SMILES string of the molecule is Cc1ccccc1N1CCN(C(=O)c2ccc(Cl)cc2Cl)C(C)C1=O. The lowest BCUT2D eigenvalue weighted by molar-refractivity contribution is -0.124. The van der Waals surface area contributed by atoms with Crippen LogP contribution in [0.4, 0.5) is 5.69 Å². The van der Waals surface area contributed by atoms with E-state index in [0.717, 1.165) is 11.3 Å². The largest absolute Gasteiger partial charge is 0.325 e. The lowest BCUT2D eigenvalue weighted by Crippen LogP contribution is -2.58. The Balaban J connectivity index is 1.84. The summed E-state index contributed by atoms with van der Waals surface area (Å²) < 4.78 is 0. The number of benzene rings is 2. The summed E-state index contributed by atoms with van der Waals surface area (Å²) in [5, 5.41) is 0.758. The molecule has 1 fully saturated rings. The Morgan fingerprint density at radius 1 is 1.12 bits per heavy atom. The van der Waals surface area contributed by atoms with E-state index in [4.69, 9.17) is 23.2 Å². The van der Waals surface area contributed by atoms with Crippen LogP contribution in [0.2, 0.25) is 10.0 Å². The zero-order chi connectivity index (χ0) is 18.1. The predicted molar refractivity (Wildman–Crippen MR) is 100 cm³/mol. The van der Waals surface area contributed by atoms with E-state index in [9.17, 15) is 9.59 Å². The maximum atomic E-state index is 12.8. The highest BCUT2D eigenvalue weighted by atomic mass is 35.5. The Bertz CT molecular complexity index is 838. The van der Waals surface area contributed by atoms with E-state index < -0.39 is 6.04 Å². The number of para-hydroxylation sites is 1. The van der Waals surface area contributed by atoms with Crippen molar-refractivity contribution in [3.05, 3.63) is 63.6 Å². The van der Waals surface area contributed by atoms with Crippen molar-refractivity contribution in [2.45, 2.75) is 19.9 Å². The molecule has 0 aromatic heterocycles. The molecule has 1 aliphatic heterocycles. The minimum Gasteiger partial charge on any atom is -0.325 e. The molecule has 1 atom stereocenters. The third kappa shape index (κ3) is 3.37. The van der Waals surface area contributed by atoms with Crippen molar-refractivity contribution in [2.75, 3.05) is 18.0 Å². The molecule has 1 heterocycles. The maximum Gasteiger partial charge on any atom is 0.256 e. The Hall–Kier alpha value is -2.04. The van der Waals surface area contributed by atoms with Crippen molar-refractivity contribution in [3.8, 4) is 0 Å². The third-order valence-electron chi connectivity index (χ3n) is 4.48. The van der Waals surface area contributed by atoms with Crippen molar-refractivity contribution in [1.29, 1.82) is 0 Å². The van der Waals surface area contributed by atoms with Gasteiger partial charge in [0.05, 0.1) is 10.6 Å². The number of rotatable bonds is 2. The summed E-state index contributed by atoms with van der Waals surface area (Å²) >= 11 is 12.0. The number of amides is 2. The van der Waals surface area contributed by atoms with Gasteiger partial charge in [-0.05, 0) is 43.7 Å². The smallest absolute Gasteiger partial charge is 0.256 e. The van der Waals surface area contributed by atoms with E-state index in [-0.39, 0.29) is 11.8 Å². The molecule has 6 heteroatoms. The van der Waals surface area contributed by atoms with Gasteiger partial charge in [0.2, 0.25) is 5.91 Å². The van der Waals surface area contributed by atoms with E-state index in [1.165, 1.54) is 6.07 Å². The van der Waals surface area contributed by atoms with Gasteiger partial charge in [0, 0.05) is 23.8 Å². The summed E-state index contributed by atoms with van der Waals surface area (Å²) in [6.45, 7) is 4.61. The number of nitrogens with zero attached hydrogens (tertiary/aromatic N) is 2. The second kappa shape index (κ2) is 7.06. The van der Waals surface area contributed by atoms with Crippen LogP contribution in [0.15, 0.2) is 42.5 Å². The summed E-state index contributed by atoms with van der Waals surface area (Å²) in [6.07, 6.45) is 0. The van der Waals surface area contributed by atoms with Crippen LogP contribution < -0.4 is 4.90 Å². The summed E-state index contributed by atoms with van der Waals surface area (Å²) in [6, 6.07) is 11.9. The van der Waals surface area contributed by atoms with Crippen molar-refractivity contribution < 1.29 is 9.59 Å². The van der Waals surface area contributed by atoms with E-state index in [1.54, 1.807) is 28.9 Å². The molecule has 0 aliphatic carbocycles. The molecule has 0 spiro atoms. The highest BCUT2D eigenvalue weighted by molar-refractivity contribution is 6.36. The number of aryl methyl sites for hydroxylation is 1. The molecular formula is C19H18Cl2N2O2. The second-order valence-corrected chi connectivity index (χ2v) is 6.92. The first kappa shape index (κ1) is 17.8. The molecule has 0 N–H and O–H groups in total. The minimum absolute atomic E-state index is 0.0982. The molecule has 0 radical (unpaired) electrons. The summed E-state index contributed by atoms with van der Waals surface area (Å²) in [4.78, 5) is 29.0. The van der Waals surface area contributed by atoms with Gasteiger partial charge < -0.3 is 9.80 Å². The van der Waals surface area contributed by atoms with Crippen molar-refractivity contribution in [3.63, 3.8) is 0 Å². The Morgan fingerprint density at radius 2 is 1.84 bits per heavy atom. The van der Waals surface area contributed by atoms with Crippen molar-refractivity contribution in [2.24, 2.45) is 0 Å². The molecule has 0 bridgehead atoms. The molecule has 1 unspecified atom stereocenters. The number of hydrogen-bond donors (Lipinski definition) is 0. The first-order valence-corrected chi connectivity index (χ1v) is 8.79. The van der Waals surface area contributed by atoms with Crippen molar-refractivity contribution >= 4 is 40.7 Å². The summed E-state index contributed by atoms with van der Waals surface area (Å²) in [5.41, 5.74) is 2.27. The predicted octanol–water partition coefficient (Wildman–Crippen LogP) is 4.18. The zero-order valence-corrected chi connectivity index (χ0v) is 15.5. The quantitative estimate of drug-likeness (QED) is 0.788. The number of piperazine rings is 1. The second-order valence-electron chi connectivity index (χ2n) is 6.08. The molecule has 2 amide bonds. The molecular weight excluding hydrogens is 359 g/mol. The first-order valence-electron chi connectivity index (χ1n) is 8.03. The molecule has 130 valence electrons. The van der Waals surface area contributed by atoms with Crippen LogP contribution in [0.1, 0.15) is 22.8 Å². The van der Waals surface area contributed by atoms with Crippen LogP contribution in [0.5, 0.6) is 0 Å². The van der Waals surface area contributed by atoms with Gasteiger partial charge in [0.1, 0.15) is 6.04 Å². The zero-order valence-electron chi connectivity index (χ0n) is 14.0. The van der Waals surface area contributed by atoms with Gasteiger partial charge in [-0.15, -0.1) is 0 Å². The van der Waals surface area contributed by atoms with Gasteiger partial charge in [0.15, 0.2) is 0 Å². The van der Waals surface area contributed by atoms with Crippen LogP contribution in [0.25, 0.3) is 0 Å². The van der Waals surface area contributed by atoms with Gasteiger partial charge in [-0.1, -0.05) is 41.4 Å². The molecule has 2 aromatic rings. The molecule has 25 heavy (non-hydrogen) atoms. The minimum atomic E-state index is -0.562. The van der Waals surface area contributed by atoms with E-state index in [0.29, 0.717) is 28.7 Å². The average Bonchev–Trinajstić information content (AvgIpc) is 2.57. The molecule has 2 aromatic carbocycles. The van der Waals surface area contributed by atoms with Crippen LogP contribution in [0.3, 0.4) is 0 Å². The maximum absolute atomic E-state index is 12.8. The van der Waals surface area contributed by atoms with Gasteiger partial charge in [-0.25, -0.2) is 0 Å². The molecule has 4 nitrogen and oxygen atoms in total. The third-order valence-corrected chi connectivity index (χ3v) is 5.03. The normalized spacial score (nSPS) is 17.8. The van der Waals surface area contributed by atoms with Crippen molar-refractivity contribution in [1.82, 2.24) is 4.90 Å². The van der Waals surface area contributed by atoms with Crippen LogP contribution >= 0.6 is 23.2 Å². The fraction of sp³-hybridized carbons (Fsp3) is 0.263. The lowest BCUT2D eigenvalue weighted by atomic mass is 10.1. The average molecular weight is 377 g/mol. The van der Waals surface area contributed by atoms with Gasteiger partial charge in [0.25, 0.3) is 5.91 Å². The monoisotopic (exact) mass is 376 g/mol. The van der Waals surface area contributed by atoms with Gasteiger partial charge >= 0.3 is 0 Å². The molecule has 0 saturated carbocycles. The number of halogens is 2. The number of hydrogen-bond acceptors (Lipinski definition) is 2. The lowest BCUT2D eigenvalue weighted by Gasteiger charge is -2.39. The standard InChI is InChI=1S/C19H18Cl2N2O2/c1-12-5-3-4-6-17(12)23-10-9-22(13(2)18(23)24)19(25)15-8-7-14(20)11-16(15)21/h3-8,11,13H,9-10H2,1-2H3. The number of carbonyl (C=O) groups is 2. The number of carbonyl (C=O) groups excluding carboxylic acids is 2. The van der Waals surface area contributed by atoms with Gasteiger partial charge in [-0.2, -0.15) is 0 Å². The molecule has 1 aliphatic rings. The summed E-state index contributed by atoms with van der Waals surface area (Å²) in [5.74, 6) is -0.356. The van der Waals surface area contributed by atoms with Crippen LogP contribution in [-0.2, 0) is 4.79 Å². The first-order chi connectivity index (χ1) is 11.9. The molecule has 3 rings (SSSR count).